The van der Waals surface area contributed by atoms with Crippen LogP contribution in [0, 0.1) is 0 Å². The van der Waals surface area contributed by atoms with Crippen LogP contribution in [0.15, 0.2) is 23.5 Å². The van der Waals surface area contributed by atoms with Gasteiger partial charge in [-0.2, -0.15) is 0 Å². The normalized spacial score (nSPS) is 11.5. The first-order valence-corrected chi connectivity index (χ1v) is 3.97. The highest BCUT2D eigenvalue weighted by Gasteiger charge is 2.01. The molecule has 4 heteroatoms. The average Bonchev–Trinajstić information content (AvgIpc) is 2.17. The van der Waals surface area contributed by atoms with Gasteiger partial charge in [0, 0.05) is 25.9 Å². The predicted octanol–water partition coefficient (Wildman–Crippen LogP) is 1.35. The van der Waals surface area contributed by atoms with Gasteiger partial charge in [0.25, 0.3) is 0 Å². The van der Waals surface area contributed by atoms with Crippen molar-refractivity contribution < 1.29 is 5.21 Å². The standard InChI is InChI=1S/C9H13N3O/c1-7(11-13)8-4-5-10-9(6-8)12(2)3/h4-6,13H,1-3H3/b11-7+. The Morgan fingerprint density at radius 3 is 2.77 bits per heavy atom. The Morgan fingerprint density at radius 1 is 1.54 bits per heavy atom. The zero-order chi connectivity index (χ0) is 9.84. The summed E-state index contributed by atoms with van der Waals surface area (Å²) in [6, 6.07) is 3.68. The van der Waals surface area contributed by atoms with E-state index < -0.39 is 0 Å². The van der Waals surface area contributed by atoms with Gasteiger partial charge in [-0.3, -0.25) is 0 Å². The molecule has 0 aliphatic heterocycles. The van der Waals surface area contributed by atoms with Gasteiger partial charge < -0.3 is 10.1 Å². The van der Waals surface area contributed by atoms with E-state index >= 15 is 0 Å². The molecule has 0 unspecified atom stereocenters. The molecule has 0 aliphatic rings. The second-order valence-electron chi connectivity index (χ2n) is 2.98. The lowest BCUT2D eigenvalue weighted by Gasteiger charge is -2.11. The smallest absolute Gasteiger partial charge is 0.128 e. The van der Waals surface area contributed by atoms with E-state index in [1.54, 1.807) is 13.1 Å². The van der Waals surface area contributed by atoms with Gasteiger partial charge in [0.05, 0.1) is 5.71 Å². The van der Waals surface area contributed by atoms with E-state index in [0.717, 1.165) is 11.4 Å². The van der Waals surface area contributed by atoms with E-state index in [2.05, 4.69) is 10.1 Å². The summed E-state index contributed by atoms with van der Waals surface area (Å²) in [5.74, 6) is 0.848. The van der Waals surface area contributed by atoms with Crippen molar-refractivity contribution in [3.05, 3.63) is 23.9 Å². The summed E-state index contributed by atoms with van der Waals surface area (Å²) in [5.41, 5.74) is 1.46. The monoisotopic (exact) mass is 179 g/mol. The van der Waals surface area contributed by atoms with E-state index in [1.807, 2.05) is 31.1 Å². The highest BCUT2D eigenvalue weighted by atomic mass is 16.4. The fourth-order valence-electron chi connectivity index (χ4n) is 0.946. The van der Waals surface area contributed by atoms with Crippen LogP contribution in [-0.4, -0.2) is 30.0 Å². The molecule has 0 radical (unpaired) electrons. The fraction of sp³-hybridized carbons (Fsp3) is 0.333. The Morgan fingerprint density at radius 2 is 2.23 bits per heavy atom. The van der Waals surface area contributed by atoms with Gasteiger partial charge in [0.15, 0.2) is 0 Å². The van der Waals surface area contributed by atoms with Crippen molar-refractivity contribution in [1.29, 1.82) is 0 Å². The van der Waals surface area contributed by atoms with Crippen LogP contribution < -0.4 is 4.90 Å². The number of aromatic nitrogens is 1. The van der Waals surface area contributed by atoms with E-state index in [1.165, 1.54) is 0 Å². The maximum Gasteiger partial charge on any atom is 0.128 e. The van der Waals surface area contributed by atoms with Crippen LogP contribution in [0.1, 0.15) is 12.5 Å². The molecule has 0 atom stereocenters. The van der Waals surface area contributed by atoms with Gasteiger partial charge in [-0.15, -0.1) is 0 Å². The van der Waals surface area contributed by atoms with Crippen molar-refractivity contribution in [3.63, 3.8) is 0 Å². The first-order valence-electron chi connectivity index (χ1n) is 3.97. The van der Waals surface area contributed by atoms with Crippen molar-refractivity contribution in [2.75, 3.05) is 19.0 Å². The van der Waals surface area contributed by atoms with E-state index in [4.69, 9.17) is 5.21 Å². The third-order valence-electron chi connectivity index (χ3n) is 1.77. The van der Waals surface area contributed by atoms with Crippen molar-refractivity contribution >= 4 is 11.5 Å². The second-order valence-corrected chi connectivity index (χ2v) is 2.98. The lowest BCUT2D eigenvalue weighted by Crippen LogP contribution is -2.11. The van der Waals surface area contributed by atoms with Gasteiger partial charge >= 0.3 is 0 Å². The number of nitrogens with zero attached hydrogens (tertiary/aromatic N) is 3. The van der Waals surface area contributed by atoms with Gasteiger partial charge in [0.1, 0.15) is 5.82 Å². The summed E-state index contributed by atoms with van der Waals surface area (Å²) in [6.45, 7) is 1.74. The van der Waals surface area contributed by atoms with Gasteiger partial charge in [-0.25, -0.2) is 4.98 Å². The zero-order valence-electron chi connectivity index (χ0n) is 8.02. The van der Waals surface area contributed by atoms with Crippen LogP contribution in [-0.2, 0) is 0 Å². The summed E-state index contributed by atoms with van der Waals surface area (Å²) in [6.07, 6.45) is 1.69. The average molecular weight is 179 g/mol. The van der Waals surface area contributed by atoms with Gasteiger partial charge in [0.2, 0.25) is 0 Å². The van der Waals surface area contributed by atoms with Crippen LogP contribution in [0.25, 0.3) is 0 Å². The minimum Gasteiger partial charge on any atom is -0.411 e. The van der Waals surface area contributed by atoms with Crippen molar-refractivity contribution in [1.82, 2.24) is 4.98 Å². The number of anilines is 1. The molecule has 1 heterocycles. The molecule has 0 saturated carbocycles. The predicted molar refractivity (Wildman–Crippen MR) is 52.6 cm³/mol. The molecule has 1 aromatic heterocycles. The lowest BCUT2D eigenvalue weighted by molar-refractivity contribution is 0.319. The third-order valence-corrected chi connectivity index (χ3v) is 1.77. The first-order chi connectivity index (χ1) is 6.15. The summed E-state index contributed by atoms with van der Waals surface area (Å²) >= 11 is 0. The summed E-state index contributed by atoms with van der Waals surface area (Å²) in [4.78, 5) is 6.04. The Bertz CT molecular complexity index is 320. The van der Waals surface area contributed by atoms with Crippen LogP contribution >= 0.6 is 0 Å². The number of hydrogen-bond donors (Lipinski definition) is 1. The van der Waals surface area contributed by atoms with E-state index in [0.29, 0.717) is 5.71 Å². The molecule has 1 aromatic rings. The van der Waals surface area contributed by atoms with E-state index in [-0.39, 0.29) is 0 Å². The van der Waals surface area contributed by atoms with Gasteiger partial charge in [-0.05, 0) is 19.1 Å². The quantitative estimate of drug-likeness (QED) is 0.423. The fourth-order valence-corrected chi connectivity index (χ4v) is 0.946. The molecule has 0 saturated heterocycles. The van der Waals surface area contributed by atoms with Crippen LogP contribution in [0.4, 0.5) is 5.82 Å². The Hall–Kier alpha value is -1.58. The first kappa shape index (κ1) is 9.51. The molecule has 0 aromatic carbocycles. The molecule has 0 fully saturated rings. The SMILES string of the molecule is C/C(=N\O)c1ccnc(N(C)C)c1. The maximum absolute atomic E-state index is 8.57. The molecule has 70 valence electrons. The molecule has 0 amide bonds. The summed E-state index contributed by atoms with van der Waals surface area (Å²) in [7, 11) is 3.83. The minimum absolute atomic E-state index is 0.588. The van der Waals surface area contributed by atoms with Crippen molar-refractivity contribution in [2.24, 2.45) is 5.16 Å². The molecular weight excluding hydrogens is 166 g/mol. The molecule has 1 rings (SSSR count). The van der Waals surface area contributed by atoms with Crippen LogP contribution in [0.5, 0.6) is 0 Å². The summed E-state index contributed by atoms with van der Waals surface area (Å²) in [5, 5.41) is 11.7. The Kier molecular flexibility index (Phi) is 2.84. The molecule has 0 bridgehead atoms. The van der Waals surface area contributed by atoms with Crippen LogP contribution in [0.2, 0.25) is 0 Å². The molecule has 13 heavy (non-hydrogen) atoms. The highest BCUT2D eigenvalue weighted by Crippen LogP contribution is 2.09. The molecular formula is C9H13N3O. The van der Waals surface area contributed by atoms with Gasteiger partial charge in [-0.1, -0.05) is 5.16 Å². The van der Waals surface area contributed by atoms with Crippen molar-refractivity contribution in [2.45, 2.75) is 6.92 Å². The van der Waals surface area contributed by atoms with Crippen molar-refractivity contribution in [3.8, 4) is 0 Å². The lowest BCUT2D eigenvalue weighted by atomic mass is 10.2. The number of hydrogen-bond acceptors (Lipinski definition) is 4. The summed E-state index contributed by atoms with van der Waals surface area (Å²) < 4.78 is 0. The Balaban J connectivity index is 3.05. The third kappa shape index (κ3) is 2.18. The molecule has 0 aliphatic carbocycles. The Labute approximate surface area is 77.5 Å². The minimum atomic E-state index is 0.588. The second kappa shape index (κ2) is 3.89. The molecule has 1 N–H and O–H groups in total. The topological polar surface area (TPSA) is 48.7 Å². The largest absolute Gasteiger partial charge is 0.411 e. The highest BCUT2D eigenvalue weighted by molar-refractivity contribution is 5.98. The molecule has 4 nitrogen and oxygen atoms in total. The van der Waals surface area contributed by atoms with Crippen LogP contribution in [0.3, 0.4) is 0 Å². The van der Waals surface area contributed by atoms with E-state index in [9.17, 15) is 0 Å². The zero-order valence-corrected chi connectivity index (χ0v) is 8.02. The number of oxime groups is 1. The maximum atomic E-state index is 8.57. The number of pyridine rings is 1. The number of rotatable bonds is 2. The molecule has 0 spiro atoms.